The predicted molar refractivity (Wildman–Crippen MR) is 139 cm³/mol. The smallest absolute Gasteiger partial charge is 0.239 e. The molecule has 0 unspecified atom stereocenters. The highest BCUT2D eigenvalue weighted by molar-refractivity contribution is 8.03. The van der Waals surface area contributed by atoms with Crippen molar-refractivity contribution < 1.29 is 9.18 Å². The summed E-state index contributed by atoms with van der Waals surface area (Å²) in [6.45, 7) is 0.663. The summed E-state index contributed by atoms with van der Waals surface area (Å²) in [5, 5.41) is 6.76. The van der Waals surface area contributed by atoms with Gasteiger partial charge in [-0.15, -0.1) is 23.1 Å². The summed E-state index contributed by atoms with van der Waals surface area (Å²) in [5.41, 5.74) is 3.52. The van der Waals surface area contributed by atoms with Gasteiger partial charge in [0.05, 0.1) is 16.6 Å². The van der Waals surface area contributed by atoms with Crippen LogP contribution in [-0.4, -0.2) is 28.1 Å². The Labute approximate surface area is 206 Å². The molecule has 1 amide bonds. The van der Waals surface area contributed by atoms with Gasteiger partial charge in [-0.05, 0) is 41.5 Å². The third kappa shape index (κ3) is 5.05. The summed E-state index contributed by atoms with van der Waals surface area (Å²) in [4.78, 5) is 20.3. The maximum Gasteiger partial charge on any atom is 0.239 e. The second-order valence-corrected chi connectivity index (χ2v) is 9.76. The fourth-order valence-corrected chi connectivity index (χ4v) is 5.60. The lowest BCUT2D eigenvalue weighted by molar-refractivity contribution is -0.129. The molecule has 1 aromatic heterocycles. The van der Waals surface area contributed by atoms with Crippen molar-refractivity contribution in [3.8, 4) is 0 Å². The lowest BCUT2D eigenvalue weighted by Crippen LogP contribution is -2.32. The standard InChI is InChI=1S/C27H22FN3OS2/c28-21-11-13-22(14-12-21)29-27-30-23(18-34-27)17-24-31(15-16-33-24)26(32)25(19-7-3-1-4-8-19)20-9-5-2-6-10-20/h1-14,17-18,25H,15-16H2,(H,29,30)/b24-17+. The number of rotatable bonds is 6. The fourth-order valence-electron chi connectivity index (χ4n) is 3.89. The molecule has 1 N–H and O–H groups in total. The first-order chi connectivity index (χ1) is 16.7. The number of anilines is 2. The Morgan fingerprint density at radius 2 is 1.62 bits per heavy atom. The van der Waals surface area contributed by atoms with Crippen LogP contribution in [-0.2, 0) is 4.79 Å². The minimum Gasteiger partial charge on any atom is -0.332 e. The van der Waals surface area contributed by atoms with Crippen molar-refractivity contribution in [1.82, 2.24) is 9.88 Å². The number of nitrogens with zero attached hydrogens (tertiary/aromatic N) is 2. The molecule has 0 aliphatic carbocycles. The molecule has 0 radical (unpaired) electrons. The third-order valence-corrected chi connectivity index (χ3v) is 7.30. The highest BCUT2D eigenvalue weighted by atomic mass is 32.2. The maximum absolute atomic E-state index is 13.8. The molecule has 1 saturated heterocycles. The quantitative estimate of drug-likeness (QED) is 0.327. The van der Waals surface area contributed by atoms with Gasteiger partial charge in [0.15, 0.2) is 5.13 Å². The summed E-state index contributed by atoms with van der Waals surface area (Å²) in [5.74, 6) is 0.269. The lowest BCUT2D eigenvalue weighted by atomic mass is 9.90. The van der Waals surface area contributed by atoms with Gasteiger partial charge in [-0.2, -0.15) is 0 Å². The molecule has 2 heterocycles. The fraction of sp³-hybridized carbons (Fsp3) is 0.111. The van der Waals surface area contributed by atoms with E-state index in [1.165, 1.54) is 23.5 Å². The molecule has 7 heteroatoms. The van der Waals surface area contributed by atoms with E-state index in [0.717, 1.165) is 33.3 Å². The molecule has 4 nitrogen and oxygen atoms in total. The van der Waals surface area contributed by atoms with Crippen LogP contribution < -0.4 is 5.32 Å². The molecule has 0 saturated carbocycles. The molecular formula is C27H22FN3OS2. The SMILES string of the molecule is O=C(C(c1ccccc1)c1ccccc1)N1CCS/C1=C/c1csc(Nc2ccc(F)cc2)n1. The molecule has 170 valence electrons. The lowest BCUT2D eigenvalue weighted by Gasteiger charge is -2.24. The van der Waals surface area contributed by atoms with Gasteiger partial charge >= 0.3 is 0 Å². The van der Waals surface area contributed by atoms with E-state index in [4.69, 9.17) is 0 Å². The van der Waals surface area contributed by atoms with E-state index in [1.807, 2.05) is 77.0 Å². The van der Waals surface area contributed by atoms with Crippen LogP contribution in [0, 0.1) is 5.82 Å². The van der Waals surface area contributed by atoms with Crippen LogP contribution in [0.3, 0.4) is 0 Å². The Balaban J connectivity index is 1.39. The summed E-state index contributed by atoms with van der Waals surface area (Å²) in [7, 11) is 0. The van der Waals surface area contributed by atoms with Crippen molar-refractivity contribution in [2.45, 2.75) is 5.92 Å². The van der Waals surface area contributed by atoms with Crippen molar-refractivity contribution >= 4 is 45.9 Å². The second kappa shape index (κ2) is 10.2. The second-order valence-electron chi connectivity index (χ2n) is 7.78. The molecule has 0 atom stereocenters. The van der Waals surface area contributed by atoms with Gasteiger partial charge in [0.2, 0.25) is 5.91 Å². The summed E-state index contributed by atoms with van der Waals surface area (Å²) in [6, 6.07) is 26.0. The molecule has 1 aliphatic rings. The van der Waals surface area contributed by atoms with E-state index in [1.54, 1.807) is 23.9 Å². The number of amides is 1. The number of halogens is 1. The van der Waals surface area contributed by atoms with Crippen LogP contribution in [0.5, 0.6) is 0 Å². The van der Waals surface area contributed by atoms with Gasteiger partial charge in [0.25, 0.3) is 0 Å². The number of carbonyl (C=O) groups excluding carboxylic acids is 1. The number of aromatic nitrogens is 1. The first kappa shape index (κ1) is 22.4. The number of hydrogen-bond acceptors (Lipinski definition) is 5. The zero-order chi connectivity index (χ0) is 23.3. The molecule has 5 rings (SSSR count). The Hall–Kier alpha value is -3.42. The minimum absolute atomic E-state index is 0.0635. The average Bonchev–Trinajstić information content (AvgIpc) is 3.52. The van der Waals surface area contributed by atoms with Gasteiger partial charge in [-0.25, -0.2) is 9.37 Å². The van der Waals surface area contributed by atoms with E-state index in [2.05, 4.69) is 10.3 Å². The van der Waals surface area contributed by atoms with Crippen molar-refractivity contribution in [2.24, 2.45) is 0 Å². The molecule has 1 aliphatic heterocycles. The first-order valence-corrected chi connectivity index (χ1v) is 12.8. The number of benzene rings is 3. The van der Waals surface area contributed by atoms with Gasteiger partial charge in [-0.3, -0.25) is 4.79 Å². The van der Waals surface area contributed by atoms with Gasteiger partial charge in [0, 0.05) is 23.4 Å². The molecular weight excluding hydrogens is 465 g/mol. The van der Waals surface area contributed by atoms with Crippen LogP contribution in [0.15, 0.2) is 95.3 Å². The van der Waals surface area contributed by atoms with E-state index < -0.39 is 0 Å². The van der Waals surface area contributed by atoms with Crippen molar-refractivity contribution in [1.29, 1.82) is 0 Å². The molecule has 0 spiro atoms. The Kier molecular flexibility index (Phi) is 6.74. The van der Waals surface area contributed by atoms with E-state index in [-0.39, 0.29) is 17.6 Å². The van der Waals surface area contributed by atoms with Gasteiger partial charge in [0.1, 0.15) is 5.82 Å². The highest BCUT2D eigenvalue weighted by Gasteiger charge is 2.32. The summed E-state index contributed by atoms with van der Waals surface area (Å²) in [6.07, 6.45) is 1.97. The number of thiazole rings is 1. The van der Waals surface area contributed by atoms with Crippen molar-refractivity contribution in [3.63, 3.8) is 0 Å². The highest BCUT2D eigenvalue weighted by Crippen LogP contribution is 2.36. The molecule has 3 aromatic carbocycles. The van der Waals surface area contributed by atoms with E-state index >= 15 is 0 Å². The molecule has 1 fully saturated rings. The largest absolute Gasteiger partial charge is 0.332 e. The van der Waals surface area contributed by atoms with Crippen molar-refractivity contribution in [2.75, 3.05) is 17.6 Å². The normalized spacial score (nSPS) is 14.6. The van der Waals surface area contributed by atoms with Gasteiger partial charge in [-0.1, -0.05) is 60.7 Å². The monoisotopic (exact) mass is 487 g/mol. The zero-order valence-electron chi connectivity index (χ0n) is 18.2. The van der Waals surface area contributed by atoms with Crippen molar-refractivity contribution in [3.05, 3.63) is 118 Å². The topological polar surface area (TPSA) is 45.2 Å². The molecule has 34 heavy (non-hydrogen) atoms. The Morgan fingerprint density at radius 1 is 0.971 bits per heavy atom. The number of hydrogen-bond donors (Lipinski definition) is 1. The van der Waals surface area contributed by atoms with E-state index in [0.29, 0.717) is 11.7 Å². The first-order valence-electron chi connectivity index (χ1n) is 10.9. The number of nitrogens with one attached hydrogen (secondary N) is 1. The van der Waals surface area contributed by atoms with Crippen LogP contribution >= 0.6 is 23.1 Å². The predicted octanol–water partition coefficient (Wildman–Crippen LogP) is 6.73. The maximum atomic E-state index is 13.8. The third-order valence-electron chi connectivity index (χ3n) is 5.50. The average molecular weight is 488 g/mol. The molecule has 4 aromatic rings. The van der Waals surface area contributed by atoms with Crippen LogP contribution in [0.4, 0.5) is 15.2 Å². The number of thioether (sulfide) groups is 1. The Bertz CT molecular complexity index is 1250. The van der Waals surface area contributed by atoms with Gasteiger partial charge < -0.3 is 10.2 Å². The summed E-state index contributed by atoms with van der Waals surface area (Å²) >= 11 is 3.13. The van der Waals surface area contributed by atoms with Crippen LogP contribution in [0.1, 0.15) is 22.7 Å². The Morgan fingerprint density at radius 3 is 2.26 bits per heavy atom. The van der Waals surface area contributed by atoms with Crippen LogP contribution in [0.2, 0.25) is 0 Å². The molecule has 0 bridgehead atoms. The van der Waals surface area contributed by atoms with Crippen LogP contribution in [0.25, 0.3) is 6.08 Å². The zero-order valence-corrected chi connectivity index (χ0v) is 19.9. The number of carbonyl (C=O) groups is 1. The minimum atomic E-state index is -0.365. The summed E-state index contributed by atoms with van der Waals surface area (Å²) < 4.78 is 13.1. The van der Waals surface area contributed by atoms with E-state index in [9.17, 15) is 9.18 Å².